The molecule has 0 aliphatic heterocycles. The lowest BCUT2D eigenvalue weighted by Gasteiger charge is -2.10. The first-order chi connectivity index (χ1) is 19.6. The third-order valence-corrected chi connectivity index (χ3v) is 7.54. The molecule has 3 aromatic rings. The zero-order valence-electron chi connectivity index (χ0n) is 24.6. The molecule has 2 aromatic carbocycles. The van der Waals surface area contributed by atoms with Gasteiger partial charge < -0.3 is 20.4 Å². The highest BCUT2D eigenvalue weighted by Crippen LogP contribution is 2.27. The number of hydrogen-bond donors (Lipinski definition) is 2. The van der Waals surface area contributed by atoms with Crippen molar-refractivity contribution in [1.82, 2.24) is 14.9 Å². The number of benzene rings is 2. The fraction of sp³-hybridized carbons (Fsp3) is 0.545. The van der Waals surface area contributed by atoms with E-state index in [1.54, 1.807) is 0 Å². The van der Waals surface area contributed by atoms with Crippen molar-refractivity contribution in [1.29, 1.82) is 0 Å². The van der Waals surface area contributed by atoms with Gasteiger partial charge in [0.05, 0.1) is 24.6 Å². The molecule has 0 radical (unpaired) electrons. The van der Waals surface area contributed by atoms with Crippen molar-refractivity contribution in [3.05, 3.63) is 53.6 Å². The molecule has 0 saturated carbocycles. The number of aryl methyl sites for hydroxylation is 1. The number of carbonyl (C=O) groups excluding carboxylic acids is 2. The summed E-state index contributed by atoms with van der Waals surface area (Å²) in [5.41, 5.74) is 10.3. The van der Waals surface area contributed by atoms with Gasteiger partial charge in [0, 0.05) is 30.8 Å². The number of hydrogen-bond acceptors (Lipinski definition) is 5. The second-order valence-electron chi connectivity index (χ2n) is 10.7. The fourth-order valence-electron chi connectivity index (χ4n) is 5.10. The number of nitrogens with zero attached hydrogens (tertiary/aromatic N) is 2. The van der Waals surface area contributed by atoms with E-state index in [4.69, 9.17) is 10.7 Å². The van der Waals surface area contributed by atoms with E-state index in [2.05, 4.69) is 33.7 Å². The Morgan fingerprint density at radius 1 is 0.875 bits per heavy atom. The summed E-state index contributed by atoms with van der Waals surface area (Å²) in [6, 6.07) is 13.9. The van der Waals surface area contributed by atoms with Crippen LogP contribution in [0.25, 0.3) is 22.4 Å². The first-order valence-corrected chi connectivity index (χ1v) is 15.2. The van der Waals surface area contributed by atoms with Crippen LogP contribution in [0, 0.1) is 0 Å². The first kappa shape index (κ1) is 31.3. The molecular formula is C33H48N4O3. The number of nitrogens with one attached hydrogen (secondary N) is 1. The average molecular weight is 549 g/mol. The van der Waals surface area contributed by atoms with Crippen LogP contribution in [-0.4, -0.2) is 35.1 Å². The van der Waals surface area contributed by atoms with Crippen LogP contribution in [0.1, 0.15) is 106 Å². The standard InChI is InChI=1S/C33H48N4O3/c1-3-4-5-6-7-8-9-10-11-12-13-14-23-37-30-20-19-28(33(39)35-22-21-31(38)40-2)24-29(30)36-32(37)27-17-15-26(25-34)16-18-27/h15-20,24H,3-14,21-23,25,34H2,1-2H3,(H,35,39). The fourth-order valence-corrected chi connectivity index (χ4v) is 5.10. The van der Waals surface area contributed by atoms with Crippen LogP contribution >= 0.6 is 0 Å². The monoisotopic (exact) mass is 548 g/mol. The second kappa shape index (κ2) is 17.5. The molecule has 7 nitrogen and oxygen atoms in total. The summed E-state index contributed by atoms with van der Waals surface area (Å²) in [4.78, 5) is 29.0. The van der Waals surface area contributed by atoms with Gasteiger partial charge in [-0.25, -0.2) is 4.98 Å². The Bertz CT molecular complexity index is 1190. The minimum Gasteiger partial charge on any atom is -0.469 e. The van der Waals surface area contributed by atoms with Gasteiger partial charge in [-0.05, 0) is 30.2 Å². The number of fused-ring (bicyclic) bond motifs is 1. The number of esters is 1. The Balaban J connectivity index is 1.61. The Kier molecular flexibility index (Phi) is 13.7. The number of amides is 1. The molecule has 0 aliphatic rings. The lowest BCUT2D eigenvalue weighted by atomic mass is 10.1. The van der Waals surface area contributed by atoms with Gasteiger partial charge in [0.2, 0.25) is 0 Å². The summed E-state index contributed by atoms with van der Waals surface area (Å²) in [6.07, 6.45) is 15.9. The molecule has 0 bridgehead atoms. The largest absolute Gasteiger partial charge is 0.469 e. The van der Waals surface area contributed by atoms with Crippen molar-refractivity contribution in [2.24, 2.45) is 5.73 Å². The van der Waals surface area contributed by atoms with Gasteiger partial charge in [0.1, 0.15) is 5.82 Å². The molecule has 0 spiro atoms. The minimum atomic E-state index is -0.349. The molecule has 3 rings (SSSR count). The molecule has 1 heterocycles. The summed E-state index contributed by atoms with van der Waals surface area (Å²) in [7, 11) is 1.34. The third kappa shape index (κ3) is 9.77. The van der Waals surface area contributed by atoms with Gasteiger partial charge >= 0.3 is 5.97 Å². The van der Waals surface area contributed by atoms with E-state index >= 15 is 0 Å². The van der Waals surface area contributed by atoms with Crippen LogP contribution in [0.2, 0.25) is 0 Å². The maximum Gasteiger partial charge on any atom is 0.307 e. The van der Waals surface area contributed by atoms with Gasteiger partial charge in [-0.2, -0.15) is 0 Å². The lowest BCUT2D eigenvalue weighted by molar-refractivity contribution is -0.140. The number of imidazole rings is 1. The van der Waals surface area contributed by atoms with E-state index in [1.165, 1.54) is 77.7 Å². The third-order valence-electron chi connectivity index (χ3n) is 7.54. The van der Waals surface area contributed by atoms with E-state index in [9.17, 15) is 9.59 Å². The Labute approximate surface area is 239 Å². The Morgan fingerprint density at radius 3 is 2.10 bits per heavy atom. The lowest BCUT2D eigenvalue weighted by Crippen LogP contribution is -2.26. The van der Waals surface area contributed by atoms with E-state index < -0.39 is 0 Å². The van der Waals surface area contributed by atoms with Gasteiger partial charge in [-0.3, -0.25) is 9.59 Å². The van der Waals surface area contributed by atoms with E-state index in [0.29, 0.717) is 12.1 Å². The summed E-state index contributed by atoms with van der Waals surface area (Å²) < 4.78 is 6.92. The molecular weight excluding hydrogens is 500 g/mol. The molecule has 40 heavy (non-hydrogen) atoms. The van der Waals surface area contributed by atoms with Crippen LogP contribution in [0.3, 0.4) is 0 Å². The number of unbranched alkanes of at least 4 members (excludes halogenated alkanes) is 11. The quantitative estimate of drug-likeness (QED) is 0.122. The number of rotatable bonds is 19. The van der Waals surface area contributed by atoms with Gasteiger partial charge in [-0.15, -0.1) is 0 Å². The molecule has 3 N–H and O–H groups in total. The maximum atomic E-state index is 12.7. The highest BCUT2D eigenvalue weighted by Gasteiger charge is 2.15. The molecule has 1 amide bonds. The van der Waals surface area contributed by atoms with Crippen LogP contribution < -0.4 is 11.1 Å². The van der Waals surface area contributed by atoms with Crippen LogP contribution in [0.4, 0.5) is 0 Å². The SMILES string of the molecule is CCCCCCCCCCCCCCn1c(-c2ccc(CN)cc2)nc2cc(C(=O)NCCC(=O)OC)ccc21. The van der Waals surface area contributed by atoms with E-state index in [1.807, 2.05) is 30.3 Å². The van der Waals surface area contributed by atoms with Crippen LogP contribution in [0.5, 0.6) is 0 Å². The van der Waals surface area contributed by atoms with Gasteiger partial charge in [0.25, 0.3) is 5.91 Å². The van der Waals surface area contributed by atoms with Gasteiger partial charge in [-0.1, -0.05) is 102 Å². The Hall–Kier alpha value is -3.19. The highest BCUT2D eigenvalue weighted by atomic mass is 16.5. The number of aromatic nitrogens is 2. The predicted molar refractivity (Wildman–Crippen MR) is 163 cm³/mol. The van der Waals surface area contributed by atoms with E-state index in [-0.39, 0.29) is 24.8 Å². The predicted octanol–water partition coefficient (Wildman–Crippen LogP) is 7.16. The number of nitrogens with two attached hydrogens (primary N) is 1. The van der Waals surface area contributed by atoms with Crippen LogP contribution in [-0.2, 0) is 22.6 Å². The molecule has 0 aliphatic carbocycles. The van der Waals surface area contributed by atoms with Crippen LogP contribution in [0.15, 0.2) is 42.5 Å². The van der Waals surface area contributed by atoms with Crippen molar-refractivity contribution < 1.29 is 14.3 Å². The van der Waals surface area contributed by atoms with Crippen molar-refractivity contribution in [3.63, 3.8) is 0 Å². The normalized spacial score (nSPS) is 11.2. The summed E-state index contributed by atoms with van der Waals surface area (Å²) in [6.45, 7) is 3.89. The van der Waals surface area contributed by atoms with Crippen molar-refractivity contribution >= 4 is 22.9 Å². The van der Waals surface area contributed by atoms with E-state index in [0.717, 1.165) is 41.0 Å². The zero-order valence-corrected chi connectivity index (χ0v) is 24.6. The van der Waals surface area contributed by atoms with Gasteiger partial charge in [0.15, 0.2) is 0 Å². The molecule has 0 unspecified atom stereocenters. The van der Waals surface area contributed by atoms with Crippen molar-refractivity contribution in [3.8, 4) is 11.4 Å². The summed E-state index contributed by atoms with van der Waals surface area (Å²) >= 11 is 0. The maximum absolute atomic E-state index is 12.7. The molecule has 0 fully saturated rings. The molecule has 218 valence electrons. The topological polar surface area (TPSA) is 99.2 Å². The second-order valence-corrected chi connectivity index (χ2v) is 10.7. The smallest absolute Gasteiger partial charge is 0.307 e. The van der Waals surface area contributed by atoms with Crippen molar-refractivity contribution in [2.45, 2.75) is 103 Å². The van der Waals surface area contributed by atoms with Crippen molar-refractivity contribution in [2.75, 3.05) is 13.7 Å². The number of carbonyl (C=O) groups is 2. The molecule has 7 heteroatoms. The molecule has 0 saturated heterocycles. The minimum absolute atomic E-state index is 0.140. The molecule has 0 atom stereocenters. The summed E-state index contributed by atoms with van der Waals surface area (Å²) in [5, 5.41) is 2.79. The summed E-state index contributed by atoms with van der Waals surface area (Å²) in [5.74, 6) is 0.331. The first-order valence-electron chi connectivity index (χ1n) is 15.2. The highest BCUT2D eigenvalue weighted by molar-refractivity contribution is 5.98. The molecule has 1 aromatic heterocycles. The number of ether oxygens (including phenoxy) is 1. The Morgan fingerprint density at radius 2 is 1.50 bits per heavy atom. The average Bonchev–Trinajstić information content (AvgIpc) is 3.35. The zero-order chi connectivity index (χ0) is 28.6. The number of methoxy groups -OCH3 is 1.